The summed E-state index contributed by atoms with van der Waals surface area (Å²) in [5, 5.41) is 13.8. The summed E-state index contributed by atoms with van der Waals surface area (Å²) in [6.07, 6.45) is 1.41. The highest BCUT2D eigenvalue weighted by Crippen LogP contribution is 2.22. The Morgan fingerprint density at radius 1 is 1.06 bits per heavy atom. The number of nitrogens with zero attached hydrogens (tertiary/aromatic N) is 3. The number of amides is 3. The Hall–Kier alpha value is -3.79. The Kier molecular flexibility index (Phi) is 8.04. The van der Waals surface area contributed by atoms with Crippen molar-refractivity contribution in [1.82, 2.24) is 20.4 Å². The van der Waals surface area contributed by atoms with Crippen LogP contribution in [0.1, 0.15) is 44.9 Å². The molecule has 3 aromatic rings. The van der Waals surface area contributed by atoms with Gasteiger partial charge < -0.3 is 20.3 Å². The maximum absolute atomic E-state index is 13.0. The van der Waals surface area contributed by atoms with Crippen molar-refractivity contribution in [2.45, 2.75) is 26.3 Å². The first-order valence-corrected chi connectivity index (χ1v) is 12.3. The molecule has 1 aliphatic rings. The largest absolute Gasteiger partial charge is 0.494 e. The molecule has 1 atom stereocenters. The predicted octanol–water partition coefficient (Wildman–Crippen LogP) is 3.36. The van der Waals surface area contributed by atoms with E-state index in [2.05, 4.69) is 20.8 Å². The minimum atomic E-state index is -0.420. The lowest BCUT2D eigenvalue weighted by Crippen LogP contribution is -2.45. The summed E-state index contributed by atoms with van der Waals surface area (Å²) < 4.78 is 5.62. The molecule has 0 unspecified atom stereocenters. The standard InChI is InChI=1S/C25H27N5O4S/c1-2-34-20-13-7-6-9-17(20)15-26-21(31)18-10-8-14-30(16-18)25(33)24-29-28-23(35-24)22(32)27-19-11-4-3-5-12-19/h3-7,9,11-13,18H,2,8,10,14-16H2,1H3,(H,26,31)(H,27,32)/t18-/m0/s1. The summed E-state index contributed by atoms with van der Waals surface area (Å²) in [4.78, 5) is 39.9. The molecule has 0 bridgehead atoms. The Morgan fingerprint density at radius 2 is 1.80 bits per heavy atom. The summed E-state index contributed by atoms with van der Waals surface area (Å²) in [5.74, 6) is -0.412. The van der Waals surface area contributed by atoms with Crippen LogP contribution in [0.25, 0.3) is 0 Å². The maximum atomic E-state index is 13.0. The fourth-order valence-electron chi connectivity index (χ4n) is 3.89. The fraction of sp³-hybridized carbons (Fsp3) is 0.320. The monoisotopic (exact) mass is 493 g/mol. The van der Waals surface area contributed by atoms with E-state index in [-0.39, 0.29) is 27.7 Å². The van der Waals surface area contributed by atoms with Crippen LogP contribution in [0.3, 0.4) is 0 Å². The number of benzene rings is 2. The van der Waals surface area contributed by atoms with Crippen LogP contribution in [0.4, 0.5) is 5.69 Å². The molecule has 9 nitrogen and oxygen atoms in total. The first kappa shape index (κ1) is 24.3. The summed E-state index contributed by atoms with van der Waals surface area (Å²) in [6, 6.07) is 16.6. The van der Waals surface area contributed by atoms with Crippen LogP contribution in [-0.2, 0) is 11.3 Å². The minimum absolute atomic E-state index is 0.103. The molecule has 1 aliphatic heterocycles. The molecule has 0 saturated carbocycles. The van der Waals surface area contributed by atoms with Gasteiger partial charge in [0.25, 0.3) is 11.8 Å². The van der Waals surface area contributed by atoms with Crippen LogP contribution >= 0.6 is 11.3 Å². The number of rotatable bonds is 8. The van der Waals surface area contributed by atoms with E-state index in [1.165, 1.54) is 0 Å². The number of nitrogens with one attached hydrogen (secondary N) is 2. The molecule has 182 valence electrons. The van der Waals surface area contributed by atoms with E-state index in [1.54, 1.807) is 17.0 Å². The van der Waals surface area contributed by atoms with Crippen molar-refractivity contribution in [1.29, 1.82) is 0 Å². The molecule has 1 saturated heterocycles. The first-order valence-electron chi connectivity index (χ1n) is 11.5. The van der Waals surface area contributed by atoms with Crippen LogP contribution in [0, 0.1) is 5.92 Å². The second-order valence-corrected chi connectivity index (χ2v) is 9.06. The molecule has 0 aliphatic carbocycles. The zero-order chi connectivity index (χ0) is 24.6. The van der Waals surface area contributed by atoms with Crippen LogP contribution in [0.2, 0.25) is 0 Å². The molecule has 2 aromatic carbocycles. The molecule has 1 aromatic heterocycles. The van der Waals surface area contributed by atoms with Crippen molar-refractivity contribution in [3.05, 3.63) is 70.2 Å². The van der Waals surface area contributed by atoms with E-state index in [9.17, 15) is 14.4 Å². The normalized spacial score (nSPS) is 15.3. The van der Waals surface area contributed by atoms with Gasteiger partial charge in [-0.15, -0.1) is 10.2 Å². The Labute approximate surface area is 207 Å². The molecule has 3 amide bonds. The summed E-state index contributed by atoms with van der Waals surface area (Å²) >= 11 is 0.945. The Morgan fingerprint density at radius 3 is 2.60 bits per heavy atom. The molecule has 0 spiro atoms. The summed E-state index contributed by atoms with van der Waals surface area (Å²) in [7, 11) is 0. The Balaban J connectivity index is 1.33. The molecular formula is C25H27N5O4S. The number of likely N-dealkylation sites (tertiary alicyclic amines) is 1. The third-order valence-electron chi connectivity index (χ3n) is 5.64. The van der Waals surface area contributed by atoms with E-state index in [4.69, 9.17) is 4.74 Å². The number of anilines is 1. The van der Waals surface area contributed by atoms with Gasteiger partial charge in [0.1, 0.15) is 5.75 Å². The highest BCUT2D eigenvalue weighted by molar-refractivity contribution is 7.15. The van der Waals surface area contributed by atoms with Gasteiger partial charge >= 0.3 is 0 Å². The number of aromatic nitrogens is 2. The topological polar surface area (TPSA) is 114 Å². The van der Waals surface area contributed by atoms with E-state index in [1.807, 2.05) is 49.4 Å². The molecule has 35 heavy (non-hydrogen) atoms. The van der Waals surface area contributed by atoms with Gasteiger partial charge in [-0.25, -0.2) is 0 Å². The highest BCUT2D eigenvalue weighted by Gasteiger charge is 2.31. The number of ether oxygens (including phenoxy) is 1. The Bertz CT molecular complexity index is 1180. The van der Waals surface area contributed by atoms with Crippen LogP contribution in [-0.4, -0.2) is 52.5 Å². The minimum Gasteiger partial charge on any atom is -0.494 e. The van der Waals surface area contributed by atoms with Gasteiger partial charge in [0.2, 0.25) is 15.9 Å². The molecule has 2 N–H and O–H groups in total. The van der Waals surface area contributed by atoms with Gasteiger partial charge in [-0.3, -0.25) is 14.4 Å². The molecule has 4 rings (SSSR count). The number of carbonyl (C=O) groups excluding carboxylic acids is 3. The van der Waals surface area contributed by atoms with Crippen LogP contribution < -0.4 is 15.4 Å². The van der Waals surface area contributed by atoms with Crippen molar-refractivity contribution >= 4 is 34.7 Å². The average molecular weight is 494 g/mol. The molecule has 1 fully saturated rings. The van der Waals surface area contributed by atoms with Crippen molar-refractivity contribution in [3.8, 4) is 5.75 Å². The summed E-state index contributed by atoms with van der Waals surface area (Å²) in [5.41, 5.74) is 1.54. The lowest BCUT2D eigenvalue weighted by Gasteiger charge is -2.31. The van der Waals surface area contributed by atoms with E-state index in [0.29, 0.717) is 44.8 Å². The van der Waals surface area contributed by atoms with Gasteiger partial charge in [-0.05, 0) is 38.0 Å². The van der Waals surface area contributed by atoms with E-state index in [0.717, 1.165) is 22.6 Å². The summed E-state index contributed by atoms with van der Waals surface area (Å²) in [6.45, 7) is 3.64. The van der Waals surface area contributed by atoms with Gasteiger partial charge in [-0.2, -0.15) is 0 Å². The number of hydrogen-bond donors (Lipinski definition) is 2. The van der Waals surface area contributed by atoms with Crippen molar-refractivity contribution in [2.75, 3.05) is 25.0 Å². The lowest BCUT2D eigenvalue weighted by atomic mass is 9.97. The van der Waals surface area contributed by atoms with Crippen molar-refractivity contribution < 1.29 is 19.1 Å². The predicted molar refractivity (Wildman–Crippen MR) is 132 cm³/mol. The SMILES string of the molecule is CCOc1ccccc1CNC(=O)[C@H]1CCCN(C(=O)c2nnc(C(=O)Nc3ccccc3)s2)C1. The van der Waals surface area contributed by atoms with Crippen LogP contribution in [0.15, 0.2) is 54.6 Å². The van der Waals surface area contributed by atoms with Crippen molar-refractivity contribution in [3.63, 3.8) is 0 Å². The van der Waals surface area contributed by atoms with Crippen LogP contribution in [0.5, 0.6) is 5.75 Å². The van der Waals surface area contributed by atoms with Gasteiger partial charge in [0.15, 0.2) is 0 Å². The molecule has 10 heteroatoms. The quantitative estimate of drug-likeness (QED) is 0.498. The highest BCUT2D eigenvalue weighted by atomic mass is 32.1. The smallest absolute Gasteiger partial charge is 0.286 e. The second kappa shape index (κ2) is 11.6. The molecule has 0 radical (unpaired) electrons. The zero-order valence-electron chi connectivity index (χ0n) is 19.4. The third kappa shape index (κ3) is 6.21. The number of carbonyl (C=O) groups is 3. The van der Waals surface area contributed by atoms with Gasteiger partial charge in [-0.1, -0.05) is 47.7 Å². The van der Waals surface area contributed by atoms with E-state index >= 15 is 0 Å². The second-order valence-electron chi connectivity index (χ2n) is 8.08. The zero-order valence-corrected chi connectivity index (χ0v) is 20.2. The lowest BCUT2D eigenvalue weighted by molar-refractivity contribution is -0.126. The van der Waals surface area contributed by atoms with E-state index < -0.39 is 5.91 Å². The molecular weight excluding hydrogens is 466 g/mol. The number of para-hydroxylation sites is 2. The van der Waals surface area contributed by atoms with Gasteiger partial charge in [0.05, 0.1) is 12.5 Å². The van der Waals surface area contributed by atoms with Gasteiger partial charge in [0, 0.05) is 30.9 Å². The number of hydrogen-bond acceptors (Lipinski definition) is 7. The average Bonchev–Trinajstić information content (AvgIpc) is 3.39. The first-order chi connectivity index (χ1) is 17.0. The number of piperidine rings is 1. The fourth-order valence-corrected chi connectivity index (χ4v) is 4.60. The maximum Gasteiger partial charge on any atom is 0.286 e. The molecule has 2 heterocycles. The third-order valence-corrected chi connectivity index (χ3v) is 6.55. The van der Waals surface area contributed by atoms with Crippen molar-refractivity contribution in [2.24, 2.45) is 5.92 Å².